The van der Waals surface area contributed by atoms with Gasteiger partial charge >= 0.3 is 0 Å². The number of aryl methyl sites for hydroxylation is 1. The lowest BCUT2D eigenvalue weighted by Crippen LogP contribution is -2.15. The number of H-pyrrole nitrogens is 1. The minimum absolute atomic E-state index is 0.565. The van der Waals surface area contributed by atoms with Crippen LogP contribution in [0.2, 0.25) is 0 Å². The smallest absolute Gasteiger partial charge is 0.162 e. The highest BCUT2D eigenvalue weighted by atomic mass is 16.6. The lowest BCUT2D eigenvalue weighted by atomic mass is 10.1. The van der Waals surface area contributed by atoms with Crippen molar-refractivity contribution in [1.82, 2.24) is 20.4 Å². The highest BCUT2D eigenvalue weighted by molar-refractivity contribution is 5.66. The van der Waals surface area contributed by atoms with Crippen LogP contribution in [0.4, 0.5) is 0 Å². The van der Waals surface area contributed by atoms with Gasteiger partial charge in [0.15, 0.2) is 11.5 Å². The van der Waals surface area contributed by atoms with Crippen molar-refractivity contribution < 1.29 is 9.47 Å². The lowest BCUT2D eigenvalue weighted by molar-refractivity contribution is 0.171. The number of rotatable bonds is 3. The van der Waals surface area contributed by atoms with E-state index in [1.807, 2.05) is 43.3 Å². The number of nitrogens with one attached hydrogen (secondary N) is 1. The number of benzene rings is 1. The van der Waals surface area contributed by atoms with E-state index in [-0.39, 0.29) is 0 Å². The first-order valence-corrected chi connectivity index (χ1v) is 7.52. The van der Waals surface area contributed by atoms with Crippen LogP contribution in [-0.4, -0.2) is 33.6 Å². The zero-order chi connectivity index (χ0) is 15.6. The van der Waals surface area contributed by atoms with Gasteiger partial charge in [-0.25, -0.2) is 0 Å². The third kappa shape index (κ3) is 2.75. The van der Waals surface area contributed by atoms with Gasteiger partial charge < -0.3 is 9.47 Å². The zero-order valence-electron chi connectivity index (χ0n) is 12.7. The van der Waals surface area contributed by atoms with E-state index >= 15 is 0 Å². The fourth-order valence-corrected chi connectivity index (χ4v) is 2.67. The molecule has 1 aliphatic rings. The van der Waals surface area contributed by atoms with Crippen molar-refractivity contribution in [3.63, 3.8) is 0 Å². The number of pyridine rings is 1. The van der Waals surface area contributed by atoms with Gasteiger partial charge in [0.25, 0.3) is 0 Å². The third-order valence-electron chi connectivity index (χ3n) is 3.73. The predicted molar refractivity (Wildman–Crippen MR) is 84.6 cm³/mol. The van der Waals surface area contributed by atoms with Crippen LogP contribution in [-0.2, 0) is 6.42 Å². The molecular weight excluding hydrogens is 292 g/mol. The summed E-state index contributed by atoms with van der Waals surface area (Å²) in [6, 6.07) is 11.8. The standard InChI is InChI=1S/C17H16N4O2/c1-11-3-2-4-13(18-11)10-14-17(20-21-19-14)12-5-6-15-16(9-12)23-8-7-22-15/h2-6,9H,7-8,10H2,1H3,(H,19,20,21). The van der Waals surface area contributed by atoms with Crippen LogP contribution >= 0.6 is 0 Å². The number of aromatic nitrogens is 4. The van der Waals surface area contributed by atoms with Crippen molar-refractivity contribution in [2.75, 3.05) is 13.2 Å². The number of aromatic amines is 1. The molecule has 116 valence electrons. The van der Waals surface area contributed by atoms with Crippen molar-refractivity contribution in [2.24, 2.45) is 0 Å². The monoisotopic (exact) mass is 308 g/mol. The minimum atomic E-state index is 0.565. The molecule has 0 amide bonds. The first-order chi connectivity index (χ1) is 11.3. The summed E-state index contributed by atoms with van der Waals surface area (Å²) in [5, 5.41) is 11.3. The Morgan fingerprint density at radius 3 is 2.78 bits per heavy atom. The molecule has 1 aliphatic heterocycles. The summed E-state index contributed by atoms with van der Waals surface area (Å²) in [5.74, 6) is 1.52. The van der Waals surface area contributed by atoms with Crippen molar-refractivity contribution in [1.29, 1.82) is 0 Å². The largest absolute Gasteiger partial charge is 0.486 e. The van der Waals surface area contributed by atoms with E-state index in [4.69, 9.17) is 9.47 Å². The number of fused-ring (bicyclic) bond motifs is 1. The molecule has 3 aromatic rings. The molecule has 0 spiro atoms. The van der Waals surface area contributed by atoms with Crippen LogP contribution in [0.25, 0.3) is 11.3 Å². The van der Waals surface area contributed by atoms with Crippen LogP contribution in [0.3, 0.4) is 0 Å². The Hall–Kier alpha value is -2.89. The van der Waals surface area contributed by atoms with Crippen LogP contribution in [0.1, 0.15) is 17.1 Å². The molecule has 0 atom stereocenters. The van der Waals surface area contributed by atoms with Gasteiger partial charge in [-0.05, 0) is 37.3 Å². The third-order valence-corrected chi connectivity index (χ3v) is 3.73. The van der Waals surface area contributed by atoms with Gasteiger partial charge in [-0.2, -0.15) is 15.4 Å². The van der Waals surface area contributed by atoms with Gasteiger partial charge in [0, 0.05) is 23.4 Å². The van der Waals surface area contributed by atoms with Gasteiger partial charge in [0.05, 0.1) is 5.69 Å². The molecular formula is C17H16N4O2. The predicted octanol–water partition coefficient (Wildman–Crippen LogP) is 2.54. The Labute approximate surface area is 133 Å². The SMILES string of the molecule is Cc1cccc(Cc2n[nH]nc2-c2ccc3c(c2)OCCO3)n1. The number of hydrogen-bond acceptors (Lipinski definition) is 5. The van der Waals surface area contributed by atoms with Crippen LogP contribution in [0, 0.1) is 6.92 Å². The summed E-state index contributed by atoms with van der Waals surface area (Å²) in [5.41, 5.74) is 4.58. The van der Waals surface area contributed by atoms with Gasteiger partial charge in [-0.3, -0.25) is 4.98 Å². The molecule has 0 radical (unpaired) electrons. The van der Waals surface area contributed by atoms with E-state index in [0.29, 0.717) is 19.6 Å². The molecule has 0 saturated carbocycles. The lowest BCUT2D eigenvalue weighted by Gasteiger charge is -2.18. The Morgan fingerprint density at radius 1 is 1.04 bits per heavy atom. The first kappa shape index (κ1) is 13.8. The second kappa shape index (κ2) is 5.72. The Kier molecular flexibility index (Phi) is 3.42. The highest BCUT2D eigenvalue weighted by Gasteiger charge is 2.16. The molecule has 1 aromatic carbocycles. The summed E-state index contributed by atoms with van der Waals surface area (Å²) >= 11 is 0. The quantitative estimate of drug-likeness (QED) is 0.805. The molecule has 4 rings (SSSR count). The van der Waals surface area contributed by atoms with Gasteiger partial charge in [-0.15, -0.1) is 0 Å². The molecule has 6 nitrogen and oxygen atoms in total. The average Bonchev–Trinajstić information content (AvgIpc) is 3.02. The molecule has 2 aromatic heterocycles. The molecule has 6 heteroatoms. The fourth-order valence-electron chi connectivity index (χ4n) is 2.67. The summed E-state index contributed by atoms with van der Waals surface area (Å²) in [6.07, 6.45) is 0.627. The average molecular weight is 308 g/mol. The molecule has 0 bridgehead atoms. The Bertz CT molecular complexity index is 844. The van der Waals surface area contributed by atoms with E-state index in [0.717, 1.165) is 39.8 Å². The van der Waals surface area contributed by atoms with E-state index < -0.39 is 0 Å². The van der Waals surface area contributed by atoms with E-state index in [2.05, 4.69) is 20.4 Å². The van der Waals surface area contributed by atoms with Crippen molar-refractivity contribution in [2.45, 2.75) is 13.3 Å². The number of ether oxygens (including phenoxy) is 2. The van der Waals surface area contributed by atoms with Gasteiger partial charge in [0.1, 0.15) is 18.9 Å². The Morgan fingerprint density at radius 2 is 1.91 bits per heavy atom. The van der Waals surface area contributed by atoms with Crippen LogP contribution < -0.4 is 9.47 Å². The maximum Gasteiger partial charge on any atom is 0.162 e. The highest BCUT2D eigenvalue weighted by Crippen LogP contribution is 2.34. The second-order valence-electron chi connectivity index (χ2n) is 5.42. The topological polar surface area (TPSA) is 72.9 Å². The number of nitrogens with zero attached hydrogens (tertiary/aromatic N) is 3. The zero-order valence-corrected chi connectivity index (χ0v) is 12.7. The maximum atomic E-state index is 5.64. The molecule has 0 fully saturated rings. The van der Waals surface area contributed by atoms with Gasteiger partial charge in [0.2, 0.25) is 0 Å². The molecule has 0 aliphatic carbocycles. The summed E-state index contributed by atoms with van der Waals surface area (Å²) in [6.45, 7) is 3.13. The first-order valence-electron chi connectivity index (χ1n) is 7.52. The number of hydrogen-bond donors (Lipinski definition) is 1. The molecule has 23 heavy (non-hydrogen) atoms. The normalized spacial score (nSPS) is 13.1. The van der Waals surface area contributed by atoms with E-state index in [1.165, 1.54) is 0 Å². The minimum Gasteiger partial charge on any atom is -0.486 e. The van der Waals surface area contributed by atoms with Crippen molar-refractivity contribution >= 4 is 0 Å². The van der Waals surface area contributed by atoms with E-state index in [1.54, 1.807) is 0 Å². The fraction of sp³-hybridized carbons (Fsp3) is 0.235. The molecule has 1 N–H and O–H groups in total. The van der Waals surface area contributed by atoms with Crippen LogP contribution in [0.15, 0.2) is 36.4 Å². The van der Waals surface area contributed by atoms with Crippen LogP contribution in [0.5, 0.6) is 11.5 Å². The summed E-state index contributed by atoms with van der Waals surface area (Å²) in [4.78, 5) is 4.53. The second-order valence-corrected chi connectivity index (χ2v) is 5.42. The van der Waals surface area contributed by atoms with Crippen molar-refractivity contribution in [3.05, 3.63) is 53.5 Å². The molecule has 3 heterocycles. The molecule has 0 saturated heterocycles. The molecule has 0 unspecified atom stereocenters. The van der Waals surface area contributed by atoms with Gasteiger partial charge in [-0.1, -0.05) is 6.07 Å². The van der Waals surface area contributed by atoms with E-state index in [9.17, 15) is 0 Å². The summed E-state index contributed by atoms with van der Waals surface area (Å²) < 4.78 is 11.2. The maximum absolute atomic E-state index is 5.64. The Balaban J connectivity index is 1.67. The summed E-state index contributed by atoms with van der Waals surface area (Å²) in [7, 11) is 0. The van der Waals surface area contributed by atoms with Crippen molar-refractivity contribution in [3.8, 4) is 22.8 Å².